The first-order valence-electron chi connectivity index (χ1n) is 8.86. The Labute approximate surface area is 156 Å². The summed E-state index contributed by atoms with van der Waals surface area (Å²) in [6.07, 6.45) is 7.92. The molecule has 3 aromatic rings. The zero-order valence-corrected chi connectivity index (χ0v) is 15.4. The first kappa shape index (κ1) is 16.8. The van der Waals surface area contributed by atoms with Gasteiger partial charge >= 0.3 is 0 Å². The fourth-order valence-corrected chi connectivity index (χ4v) is 4.01. The zero-order valence-electron chi connectivity index (χ0n) is 14.6. The summed E-state index contributed by atoms with van der Waals surface area (Å²) >= 11 is 1.54. The van der Waals surface area contributed by atoms with Gasteiger partial charge in [0.1, 0.15) is 10.7 Å². The third-order valence-corrected chi connectivity index (χ3v) is 5.64. The minimum atomic E-state index is -0.171. The second-order valence-electron chi connectivity index (χ2n) is 6.52. The summed E-state index contributed by atoms with van der Waals surface area (Å²) in [6.45, 7) is 1.95. The number of pyridine rings is 2. The van der Waals surface area contributed by atoms with Crippen molar-refractivity contribution >= 4 is 17.2 Å². The highest BCUT2D eigenvalue weighted by Crippen LogP contribution is 2.25. The molecule has 6 heteroatoms. The van der Waals surface area contributed by atoms with E-state index in [0.717, 1.165) is 41.2 Å². The van der Waals surface area contributed by atoms with Gasteiger partial charge in [0, 0.05) is 29.0 Å². The van der Waals surface area contributed by atoms with Crippen LogP contribution in [0.4, 0.5) is 0 Å². The molecule has 4 rings (SSSR count). The highest BCUT2D eigenvalue weighted by Gasteiger charge is 2.18. The molecule has 26 heavy (non-hydrogen) atoms. The van der Waals surface area contributed by atoms with Gasteiger partial charge in [-0.2, -0.15) is 0 Å². The number of carbonyl (C=O) groups is 1. The highest BCUT2D eigenvalue weighted by atomic mass is 32.1. The Bertz CT molecular complexity index is 923. The molecular weight excluding hydrogens is 344 g/mol. The van der Waals surface area contributed by atoms with Crippen molar-refractivity contribution in [3.8, 4) is 11.3 Å². The molecule has 0 spiro atoms. The number of amides is 1. The SMILES string of the molecule is CC(NC(=O)c1ccc2c(n1)CCCC2)c1nc(-c2cccnc2)cs1. The predicted octanol–water partition coefficient (Wildman–Crippen LogP) is 3.97. The fraction of sp³-hybridized carbons (Fsp3) is 0.300. The molecule has 1 unspecified atom stereocenters. The molecule has 0 aliphatic heterocycles. The zero-order chi connectivity index (χ0) is 17.9. The van der Waals surface area contributed by atoms with Crippen LogP contribution in [-0.2, 0) is 12.8 Å². The molecule has 3 heterocycles. The van der Waals surface area contributed by atoms with Gasteiger partial charge in [-0.15, -0.1) is 11.3 Å². The van der Waals surface area contributed by atoms with E-state index in [1.807, 2.05) is 36.6 Å². The summed E-state index contributed by atoms with van der Waals surface area (Å²) in [5.41, 5.74) is 4.70. The number of aromatic nitrogens is 3. The van der Waals surface area contributed by atoms with Crippen LogP contribution in [0, 0.1) is 0 Å². The monoisotopic (exact) mass is 364 g/mol. The summed E-state index contributed by atoms with van der Waals surface area (Å²) < 4.78 is 0. The maximum atomic E-state index is 12.6. The Morgan fingerprint density at radius 1 is 1.19 bits per heavy atom. The van der Waals surface area contributed by atoms with E-state index in [1.165, 1.54) is 23.3 Å². The van der Waals surface area contributed by atoms with Crippen molar-refractivity contribution in [3.05, 3.63) is 64.0 Å². The van der Waals surface area contributed by atoms with Gasteiger partial charge in [-0.05, 0) is 56.4 Å². The summed E-state index contributed by atoms with van der Waals surface area (Å²) in [6, 6.07) is 7.57. The Kier molecular flexibility index (Phi) is 4.75. The van der Waals surface area contributed by atoms with Crippen molar-refractivity contribution in [1.82, 2.24) is 20.3 Å². The Hall–Kier alpha value is -2.60. The third kappa shape index (κ3) is 3.51. The van der Waals surface area contributed by atoms with E-state index < -0.39 is 0 Å². The number of hydrogen-bond acceptors (Lipinski definition) is 5. The lowest BCUT2D eigenvalue weighted by molar-refractivity contribution is 0.0934. The van der Waals surface area contributed by atoms with Crippen LogP contribution >= 0.6 is 11.3 Å². The molecule has 1 aliphatic rings. The molecule has 0 fully saturated rings. The Morgan fingerprint density at radius 3 is 2.92 bits per heavy atom. The smallest absolute Gasteiger partial charge is 0.270 e. The van der Waals surface area contributed by atoms with Crippen LogP contribution in [-0.4, -0.2) is 20.9 Å². The van der Waals surface area contributed by atoms with Gasteiger partial charge in [-0.3, -0.25) is 9.78 Å². The average molecular weight is 364 g/mol. The van der Waals surface area contributed by atoms with E-state index in [0.29, 0.717) is 5.69 Å². The van der Waals surface area contributed by atoms with Crippen LogP contribution in [0.25, 0.3) is 11.3 Å². The van der Waals surface area contributed by atoms with Crippen molar-refractivity contribution in [2.75, 3.05) is 0 Å². The lowest BCUT2D eigenvalue weighted by Crippen LogP contribution is -2.28. The van der Waals surface area contributed by atoms with Gasteiger partial charge in [0.05, 0.1) is 11.7 Å². The van der Waals surface area contributed by atoms with Crippen LogP contribution in [0.15, 0.2) is 42.0 Å². The van der Waals surface area contributed by atoms with Gasteiger partial charge < -0.3 is 5.32 Å². The topological polar surface area (TPSA) is 67.8 Å². The number of nitrogens with zero attached hydrogens (tertiary/aromatic N) is 3. The van der Waals surface area contributed by atoms with E-state index in [4.69, 9.17) is 0 Å². The maximum absolute atomic E-state index is 12.6. The van der Waals surface area contributed by atoms with Crippen molar-refractivity contribution in [3.63, 3.8) is 0 Å². The number of nitrogens with one attached hydrogen (secondary N) is 1. The molecule has 1 atom stereocenters. The van der Waals surface area contributed by atoms with Crippen LogP contribution in [0.1, 0.15) is 52.6 Å². The molecule has 1 N–H and O–H groups in total. The first-order chi connectivity index (χ1) is 12.7. The van der Waals surface area contributed by atoms with Gasteiger partial charge in [0.2, 0.25) is 0 Å². The summed E-state index contributed by atoms with van der Waals surface area (Å²) in [4.78, 5) is 25.9. The van der Waals surface area contributed by atoms with Crippen LogP contribution in [0.2, 0.25) is 0 Å². The molecule has 5 nitrogen and oxygen atoms in total. The normalized spacial score (nSPS) is 14.5. The molecule has 0 saturated carbocycles. The molecule has 3 aromatic heterocycles. The van der Waals surface area contributed by atoms with E-state index in [2.05, 4.69) is 20.3 Å². The lowest BCUT2D eigenvalue weighted by atomic mass is 9.96. The van der Waals surface area contributed by atoms with Gasteiger partial charge in [-0.25, -0.2) is 9.97 Å². The van der Waals surface area contributed by atoms with Gasteiger partial charge in [0.25, 0.3) is 5.91 Å². The lowest BCUT2D eigenvalue weighted by Gasteiger charge is -2.16. The fourth-order valence-electron chi connectivity index (χ4n) is 3.17. The summed E-state index contributed by atoms with van der Waals surface area (Å²) in [5.74, 6) is -0.149. The standard InChI is InChI=1S/C20H20N4OS/c1-13(20-24-18(12-26-20)15-6-4-10-21-11-15)22-19(25)17-9-8-14-5-2-3-7-16(14)23-17/h4,6,8-13H,2-3,5,7H2,1H3,(H,22,25). The van der Waals surface area contributed by atoms with Gasteiger partial charge in [0.15, 0.2) is 0 Å². The van der Waals surface area contributed by atoms with E-state index in [-0.39, 0.29) is 11.9 Å². The second kappa shape index (κ2) is 7.33. The number of thiazole rings is 1. The number of aryl methyl sites for hydroxylation is 2. The molecule has 132 valence electrons. The average Bonchev–Trinajstić information content (AvgIpc) is 3.18. The molecule has 0 bridgehead atoms. The van der Waals surface area contributed by atoms with Gasteiger partial charge in [-0.1, -0.05) is 6.07 Å². The second-order valence-corrected chi connectivity index (χ2v) is 7.41. The predicted molar refractivity (Wildman–Crippen MR) is 102 cm³/mol. The maximum Gasteiger partial charge on any atom is 0.270 e. The number of hydrogen-bond donors (Lipinski definition) is 1. The third-order valence-electron chi connectivity index (χ3n) is 4.61. The molecular formula is C20H20N4OS. The number of fused-ring (bicyclic) bond motifs is 1. The highest BCUT2D eigenvalue weighted by molar-refractivity contribution is 7.10. The van der Waals surface area contributed by atoms with Crippen molar-refractivity contribution < 1.29 is 4.79 Å². The minimum absolute atomic E-state index is 0.149. The van der Waals surface area contributed by atoms with E-state index in [1.54, 1.807) is 12.4 Å². The van der Waals surface area contributed by atoms with Crippen molar-refractivity contribution in [2.24, 2.45) is 0 Å². The van der Waals surface area contributed by atoms with Crippen LogP contribution in [0.3, 0.4) is 0 Å². The van der Waals surface area contributed by atoms with Crippen molar-refractivity contribution in [1.29, 1.82) is 0 Å². The Morgan fingerprint density at radius 2 is 2.08 bits per heavy atom. The molecule has 0 aromatic carbocycles. The summed E-state index contributed by atoms with van der Waals surface area (Å²) in [7, 11) is 0. The summed E-state index contributed by atoms with van der Waals surface area (Å²) in [5, 5.41) is 5.88. The molecule has 0 radical (unpaired) electrons. The number of rotatable bonds is 4. The van der Waals surface area contributed by atoms with Crippen LogP contribution < -0.4 is 5.32 Å². The largest absolute Gasteiger partial charge is 0.342 e. The first-order valence-corrected chi connectivity index (χ1v) is 9.74. The van der Waals surface area contributed by atoms with E-state index >= 15 is 0 Å². The number of carbonyl (C=O) groups excluding carboxylic acids is 1. The Balaban J connectivity index is 1.47. The quantitative estimate of drug-likeness (QED) is 0.761. The molecule has 1 aliphatic carbocycles. The van der Waals surface area contributed by atoms with Crippen molar-refractivity contribution in [2.45, 2.75) is 38.6 Å². The van der Waals surface area contributed by atoms with Crippen LogP contribution in [0.5, 0.6) is 0 Å². The minimum Gasteiger partial charge on any atom is -0.342 e. The molecule has 1 amide bonds. The molecule has 0 saturated heterocycles. The van der Waals surface area contributed by atoms with E-state index in [9.17, 15) is 4.79 Å².